The van der Waals surface area contributed by atoms with Gasteiger partial charge in [0, 0.05) is 17.0 Å². The van der Waals surface area contributed by atoms with Crippen molar-refractivity contribution in [2.45, 2.75) is 6.54 Å². The molecule has 0 radical (unpaired) electrons. The molecule has 0 aliphatic heterocycles. The number of rotatable bonds is 4. The zero-order chi connectivity index (χ0) is 16.4. The number of pyridine rings is 1. The highest BCUT2D eigenvalue weighted by atomic mass is 16.5. The normalized spacial score (nSPS) is 10.8. The number of para-hydroxylation sites is 1. The van der Waals surface area contributed by atoms with E-state index in [0.29, 0.717) is 12.2 Å². The maximum atomic E-state index is 6.23. The number of nitrogens with zero attached hydrogens (tertiary/aromatic N) is 2. The topological polar surface area (TPSA) is 77.0 Å². The van der Waals surface area contributed by atoms with E-state index in [-0.39, 0.29) is 0 Å². The van der Waals surface area contributed by atoms with Gasteiger partial charge in [0.2, 0.25) is 0 Å². The second kappa shape index (κ2) is 6.04. The summed E-state index contributed by atoms with van der Waals surface area (Å²) in [5, 5.41) is 8.31. The Bertz CT molecular complexity index is 979. The van der Waals surface area contributed by atoms with Crippen molar-refractivity contribution in [1.82, 2.24) is 10.1 Å². The van der Waals surface area contributed by atoms with Crippen molar-refractivity contribution >= 4 is 22.3 Å². The number of nitrogens with one attached hydrogen (secondary N) is 1. The number of hydrogen-bond acceptors (Lipinski definition) is 5. The predicted molar refractivity (Wildman–Crippen MR) is 95.4 cm³/mol. The van der Waals surface area contributed by atoms with Gasteiger partial charge in [-0.1, -0.05) is 53.7 Å². The summed E-state index contributed by atoms with van der Waals surface area (Å²) >= 11 is 0. The molecule has 2 aromatic carbocycles. The Morgan fingerprint density at radius 2 is 1.79 bits per heavy atom. The number of aromatic nitrogens is 2. The van der Waals surface area contributed by atoms with Gasteiger partial charge in [-0.05, 0) is 6.07 Å². The highest BCUT2D eigenvalue weighted by Crippen LogP contribution is 2.27. The molecule has 0 spiro atoms. The van der Waals surface area contributed by atoms with Crippen LogP contribution in [0.5, 0.6) is 0 Å². The lowest BCUT2D eigenvalue weighted by atomic mass is 10.1. The molecule has 0 amide bonds. The average Bonchev–Trinajstić information content (AvgIpc) is 3.11. The van der Waals surface area contributed by atoms with E-state index in [2.05, 4.69) is 15.5 Å². The zero-order valence-electron chi connectivity index (χ0n) is 12.9. The Morgan fingerprint density at radius 3 is 2.67 bits per heavy atom. The van der Waals surface area contributed by atoms with E-state index in [1.54, 1.807) is 6.20 Å². The molecule has 3 N–H and O–H groups in total. The quantitative estimate of drug-likeness (QED) is 0.593. The average molecular weight is 316 g/mol. The second-order valence-electron chi connectivity index (χ2n) is 5.50. The van der Waals surface area contributed by atoms with Gasteiger partial charge in [0.1, 0.15) is 5.69 Å². The lowest BCUT2D eigenvalue weighted by Crippen LogP contribution is -2.03. The summed E-state index contributed by atoms with van der Waals surface area (Å²) in [6.07, 6.45) is 1.75. The van der Waals surface area contributed by atoms with E-state index in [0.717, 1.165) is 33.6 Å². The van der Waals surface area contributed by atoms with Crippen molar-refractivity contribution in [1.29, 1.82) is 0 Å². The Balaban J connectivity index is 1.53. The molecular weight excluding hydrogens is 300 g/mol. The molecule has 2 heterocycles. The molecule has 0 atom stereocenters. The van der Waals surface area contributed by atoms with Gasteiger partial charge in [-0.3, -0.25) is 4.98 Å². The van der Waals surface area contributed by atoms with Crippen LogP contribution in [0.4, 0.5) is 11.4 Å². The van der Waals surface area contributed by atoms with Crippen molar-refractivity contribution in [2.24, 2.45) is 0 Å². The molecule has 24 heavy (non-hydrogen) atoms. The summed E-state index contributed by atoms with van der Waals surface area (Å²) in [6, 6.07) is 19.6. The van der Waals surface area contributed by atoms with Gasteiger partial charge < -0.3 is 15.6 Å². The fourth-order valence-corrected chi connectivity index (χ4v) is 2.62. The van der Waals surface area contributed by atoms with Crippen LogP contribution in [-0.2, 0) is 6.54 Å². The van der Waals surface area contributed by atoms with E-state index in [4.69, 9.17) is 10.3 Å². The van der Waals surface area contributed by atoms with Gasteiger partial charge in [0.15, 0.2) is 5.76 Å². The van der Waals surface area contributed by atoms with Crippen LogP contribution in [0.1, 0.15) is 5.69 Å². The minimum atomic E-state index is 0.514. The van der Waals surface area contributed by atoms with Crippen LogP contribution in [0, 0.1) is 0 Å². The minimum absolute atomic E-state index is 0.514. The molecule has 0 saturated heterocycles. The Labute approximate surface area is 139 Å². The van der Waals surface area contributed by atoms with Crippen molar-refractivity contribution in [2.75, 3.05) is 11.1 Å². The van der Waals surface area contributed by atoms with E-state index in [9.17, 15) is 0 Å². The molecule has 2 aromatic heterocycles. The molecule has 5 nitrogen and oxygen atoms in total. The molecule has 0 fully saturated rings. The zero-order valence-corrected chi connectivity index (χ0v) is 12.9. The summed E-state index contributed by atoms with van der Waals surface area (Å²) in [5.41, 5.74) is 10.4. The van der Waals surface area contributed by atoms with E-state index < -0.39 is 0 Å². The number of hydrogen-bond donors (Lipinski definition) is 2. The first-order chi connectivity index (χ1) is 11.8. The maximum Gasteiger partial charge on any atom is 0.167 e. The van der Waals surface area contributed by atoms with Gasteiger partial charge in [0.25, 0.3) is 0 Å². The van der Waals surface area contributed by atoms with Crippen LogP contribution in [0.15, 0.2) is 71.4 Å². The Kier molecular flexibility index (Phi) is 3.59. The number of nitrogen functional groups attached to an aromatic ring is 1. The SMILES string of the molecule is Nc1c(NCc2cc(-c3ccccc3)on2)cnc2ccccc12. The van der Waals surface area contributed by atoms with Gasteiger partial charge in [-0.25, -0.2) is 0 Å². The van der Waals surface area contributed by atoms with Crippen molar-refractivity contribution in [3.63, 3.8) is 0 Å². The smallest absolute Gasteiger partial charge is 0.167 e. The molecular formula is C19H16N4O. The summed E-state index contributed by atoms with van der Waals surface area (Å²) in [4.78, 5) is 4.42. The first kappa shape index (κ1) is 14.3. The van der Waals surface area contributed by atoms with Crippen LogP contribution < -0.4 is 11.1 Å². The van der Waals surface area contributed by atoms with Crippen LogP contribution in [0.3, 0.4) is 0 Å². The number of nitrogens with two attached hydrogens (primary N) is 1. The fraction of sp³-hybridized carbons (Fsp3) is 0.0526. The second-order valence-corrected chi connectivity index (χ2v) is 5.50. The molecule has 0 unspecified atom stereocenters. The fourth-order valence-electron chi connectivity index (χ4n) is 2.62. The lowest BCUT2D eigenvalue weighted by molar-refractivity contribution is 0.424. The molecule has 4 aromatic rings. The van der Waals surface area contributed by atoms with Gasteiger partial charge in [-0.2, -0.15) is 0 Å². The third-order valence-electron chi connectivity index (χ3n) is 3.89. The maximum absolute atomic E-state index is 6.23. The number of fused-ring (bicyclic) bond motifs is 1. The number of benzene rings is 2. The van der Waals surface area contributed by atoms with Gasteiger partial charge >= 0.3 is 0 Å². The van der Waals surface area contributed by atoms with Crippen molar-refractivity contribution in [3.8, 4) is 11.3 Å². The largest absolute Gasteiger partial charge is 0.396 e. The van der Waals surface area contributed by atoms with Crippen LogP contribution in [-0.4, -0.2) is 10.1 Å². The van der Waals surface area contributed by atoms with Gasteiger partial charge in [-0.15, -0.1) is 0 Å². The first-order valence-electron chi connectivity index (χ1n) is 7.69. The summed E-state index contributed by atoms with van der Waals surface area (Å²) in [5.74, 6) is 0.747. The molecule has 118 valence electrons. The Hall–Kier alpha value is -3.34. The molecule has 0 aliphatic carbocycles. The van der Waals surface area contributed by atoms with E-state index in [1.165, 1.54) is 0 Å². The van der Waals surface area contributed by atoms with E-state index in [1.807, 2.05) is 60.7 Å². The third-order valence-corrected chi connectivity index (χ3v) is 3.89. The standard InChI is InChI=1S/C19H16N4O/c20-19-15-8-4-5-9-16(15)22-12-17(19)21-11-14-10-18(24-23-14)13-6-2-1-3-7-13/h1-10,12,21H,11H2,(H2,20,22). The lowest BCUT2D eigenvalue weighted by Gasteiger charge is -2.09. The highest BCUT2D eigenvalue weighted by Gasteiger charge is 2.08. The third kappa shape index (κ3) is 2.67. The molecule has 5 heteroatoms. The van der Waals surface area contributed by atoms with Crippen LogP contribution in [0.2, 0.25) is 0 Å². The van der Waals surface area contributed by atoms with E-state index >= 15 is 0 Å². The Morgan fingerprint density at radius 1 is 1.00 bits per heavy atom. The molecule has 0 aliphatic rings. The first-order valence-corrected chi connectivity index (χ1v) is 7.69. The van der Waals surface area contributed by atoms with Crippen LogP contribution >= 0.6 is 0 Å². The minimum Gasteiger partial charge on any atom is -0.396 e. The molecule has 0 saturated carbocycles. The van der Waals surface area contributed by atoms with Gasteiger partial charge in [0.05, 0.1) is 29.6 Å². The summed E-state index contributed by atoms with van der Waals surface area (Å²) in [6.45, 7) is 0.514. The van der Waals surface area contributed by atoms with Crippen LogP contribution in [0.25, 0.3) is 22.2 Å². The molecule has 4 rings (SSSR count). The summed E-state index contributed by atoms with van der Waals surface area (Å²) < 4.78 is 5.40. The monoisotopic (exact) mass is 316 g/mol. The summed E-state index contributed by atoms with van der Waals surface area (Å²) in [7, 11) is 0. The molecule has 0 bridgehead atoms. The van der Waals surface area contributed by atoms with Crippen molar-refractivity contribution < 1.29 is 4.52 Å². The van der Waals surface area contributed by atoms with Crippen molar-refractivity contribution in [3.05, 3.63) is 72.6 Å². The highest BCUT2D eigenvalue weighted by molar-refractivity contribution is 5.96. The number of anilines is 2. The predicted octanol–water partition coefficient (Wildman–Crippen LogP) is 4.08.